The van der Waals surface area contributed by atoms with Gasteiger partial charge in [0.05, 0.1) is 23.6 Å². The molecule has 30 heavy (non-hydrogen) atoms. The number of aromatic nitrogens is 1. The van der Waals surface area contributed by atoms with E-state index in [1.54, 1.807) is 19.1 Å². The second kappa shape index (κ2) is 9.30. The van der Waals surface area contributed by atoms with E-state index in [0.717, 1.165) is 12.5 Å². The molecule has 0 fully saturated rings. The molecule has 1 aromatic heterocycles. The summed E-state index contributed by atoms with van der Waals surface area (Å²) in [6.45, 7) is 3.02. The summed E-state index contributed by atoms with van der Waals surface area (Å²) in [6, 6.07) is 14.3. The molecule has 6 nitrogen and oxygen atoms in total. The van der Waals surface area contributed by atoms with E-state index in [-0.39, 0.29) is 23.0 Å². The lowest BCUT2D eigenvalue weighted by atomic mass is 10.1. The van der Waals surface area contributed by atoms with Crippen molar-refractivity contribution in [3.8, 4) is 5.75 Å². The zero-order chi connectivity index (χ0) is 22.5. The SMILES string of the molecule is CF.Cc1c(C(=O)C=O)c2c(OC(C)(F)C(N)=O)cccc2n1Cc1ccccc1. The van der Waals surface area contributed by atoms with E-state index in [9.17, 15) is 23.2 Å². The Balaban J connectivity index is 0.00000155. The first-order valence-electron chi connectivity index (χ1n) is 8.97. The molecule has 1 amide bonds. The van der Waals surface area contributed by atoms with Gasteiger partial charge in [0.1, 0.15) is 5.75 Å². The molecule has 2 aromatic carbocycles. The number of carbonyl (C=O) groups is 3. The molecular formula is C22H22F2N2O4. The first kappa shape index (κ1) is 22.7. The molecule has 0 spiro atoms. The van der Waals surface area contributed by atoms with E-state index in [4.69, 9.17) is 10.5 Å². The summed E-state index contributed by atoms with van der Waals surface area (Å²) in [5, 5.41) is 0.262. The highest BCUT2D eigenvalue weighted by Crippen LogP contribution is 2.36. The molecule has 0 saturated heterocycles. The van der Waals surface area contributed by atoms with E-state index < -0.39 is 17.5 Å². The highest BCUT2D eigenvalue weighted by Gasteiger charge is 2.34. The molecule has 0 aliphatic rings. The third-order valence-electron chi connectivity index (χ3n) is 4.59. The number of aldehydes is 1. The van der Waals surface area contributed by atoms with Gasteiger partial charge in [-0.3, -0.25) is 18.8 Å². The quantitative estimate of drug-likeness (QED) is 0.362. The fourth-order valence-electron chi connectivity index (χ4n) is 3.16. The number of nitrogens with two attached hydrogens (primary N) is 1. The molecule has 3 rings (SSSR count). The average molecular weight is 416 g/mol. The van der Waals surface area contributed by atoms with Crippen molar-refractivity contribution >= 4 is 28.9 Å². The molecule has 2 N–H and O–H groups in total. The van der Waals surface area contributed by atoms with Crippen molar-refractivity contribution in [1.29, 1.82) is 0 Å². The molecule has 0 radical (unpaired) electrons. The van der Waals surface area contributed by atoms with Crippen molar-refractivity contribution < 1.29 is 27.9 Å². The van der Waals surface area contributed by atoms with Crippen LogP contribution in [0.1, 0.15) is 28.5 Å². The number of hydrogen-bond acceptors (Lipinski definition) is 4. The minimum atomic E-state index is -2.77. The van der Waals surface area contributed by atoms with Crippen LogP contribution >= 0.6 is 0 Å². The van der Waals surface area contributed by atoms with Crippen molar-refractivity contribution in [2.75, 3.05) is 7.18 Å². The Bertz CT molecular complexity index is 1080. The Morgan fingerprint density at radius 1 is 1.13 bits per heavy atom. The van der Waals surface area contributed by atoms with Gasteiger partial charge < -0.3 is 15.0 Å². The molecule has 0 saturated carbocycles. The molecular weight excluding hydrogens is 394 g/mol. The number of rotatable bonds is 7. The Kier molecular flexibility index (Phi) is 7.05. The summed E-state index contributed by atoms with van der Waals surface area (Å²) < 4.78 is 31.0. The van der Waals surface area contributed by atoms with E-state index in [2.05, 4.69) is 0 Å². The van der Waals surface area contributed by atoms with Gasteiger partial charge in [-0.15, -0.1) is 0 Å². The smallest absolute Gasteiger partial charge is 0.323 e. The van der Waals surface area contributed by atoms with Crippen LogP contribution in [-0.2, 0) is 16.1 Å². The maximum atomic E-state index is 14.4. The van der Waals surface area contributed by atoms with Gasteiger partial charge in [0.25, 0.3) is 5.91 Å². The van der Waals surface area contributed by atoms with Crippen LogP contribution < -0.4 is 10.5 Å². The van der Waals surface area contributed by atoms with Gasteiger partial charge in [-0.05, 0) is 24.6 Å². The molecule has 1 atom stereocenters. The number of primary amides is 1. The number of Topliss-reactive ketones (excluding diaryl/α,β-unsaturated/α-hetero) is 1. The number of benzene rings is 2. The minimum absolute atomic E-state index is 0.0404. The Morgan fingerprint density at radius 2 is 1.77 bits per heavy atom. The highest BCUT2D eigenvalue weighted by molar-refractivity contribution is 6.37. The van der Waals surface area contributed by atoms with Crippen molar-refractivity contribution in [1.82, 2.24) is 4.57 Å². The lowest BCUT2D eigenvalue weighted by Gasteiger charge is -2.19. The molecule has 1 heterocycles. The highest BCUT2D eigenvalue weighted by atomic mass is 19.2. The summed E-state index contributed by atoms with van der Waals surface area (Å²) in [6.07, 6.45) is 0.203. The van der Waals surface area contributed by atoms with Crippen LogP contribution in [0.2, 0.25) is 0 Å². The van der Waals surface area contributed by atoms with Gasteiger partial charge >= 0.3 is 5.85 Å². The van der Waals surface area contributed by atoms with Crippen LogP contribution in [0.3, 0.4) is 0 Å². The van der Waals surface area contributed by atoms with E-state index in [1.165, 1.54) is 6.07 Å². The second-order valence-electron chi connectivity index (χ2n) is 6.55. The molecule has 158 valence electrons. The van der Waals surface area contributed by atoms with Gasteiger partial charge in [-0.1, -0.05) is 36.4 Å². The first-order chi connectivity index (χ1) is 14.3. The number of halogens is 2. The number of amides is 1. The number of carbonyl (C=O) groups excluding carboxylic acids is 3. The minimum Gasteiger partial charge on any atom is -0.449 e. The maximum Gasteiger partial charge on any atom is 0.323 e. The van der Waals surface area contributed by atoms with Crippen LogP contribution in [-0.4, -0.2) is 35.6 Å². The topological polar surface area (TPSA) is 91.4 Å². The Labute approximate surface area is 172 Å². The van der Waals surface area contributed by atoms with Crippen LogP contribution in [0, 0.1) is 6.92 Å². The third-order valence-corrected chi connectivity index (χ3v) is 4.59. The predicted molar refractivity (Wildman–Crippen MR) is 109 cm³/mol. The monoisotopic (exact) mass is 416 g/mol. The number of fused-ring (bicyclic) bond motifs is 1. The van der Waals surface area contributed by atoms with Crippen LogP contribution in [0.4, 0.5) is 8.78 Å². The van der Waals surface area contributed by atoms with Crippen LogP contribution in [0.15, 0.2) is 48.5 Å². The fourth-order valence-corrected chi connectivity index (χ4v) is 3.16. The lowest BCUT2D eigenvalue weighted by molar-refractivity contribution is -0.147. The average Bonchev–Trinajstić information content (AvgIpc) is 3.02. The van der Waals surface area contributed by atoms with E-state index in [0.29, 0.717) is 24.9 Å². The number of ether oxygens (including phenoxy) is 1. The maximum absolute atomic E-state index is 14.4. The second-order valence-corrected chi connectivity index (χ2v) is 6.55. The van der Waals surface area contributed by atoms with Gasteiger partial charge in [0, 0.05) is 19.2 Å². The van der Waals surface area contributed by atoms with Crippen molar-refractivity contribution in [2.24, 2.45) is 5.73 Å². The zero-order valence-electron chi connectivity index (χ0n) is 16.8. The standard InChI is InChI=1S/C21H19FN2O4.CH3F/c1-13-18(16(26)12-25)19-15(24(13)11-14-7-4-3-5-8-14)9-6-10-17(19)28-21(2,22)20(23)27;1-2/h3-10,12H,11H2,1-2H3,(H2,23,27);1H3. The molecule has 1 unspecified atom stereocenters. The van der Waals surface area contributed by atoms with Gasteiger partial charge in [0.2, 0.25) is 5.78 Å². The summed E-state index contributed by atoms with van der Waals surface area (Å²) >= 11 is 0. The van der Waals surface area contributed by atoms with Crippen LogP contribution in [0.5, 0.6) is 5.75 Å². The molecule has 0 bridgehead atoms. The third kappa shape index (κ3) is 4.37. The molecule has 0 aliphatic carbocycles. The summed E-state index contributed by atoms with van der Waals surface area (Å²) in [7, 11) is 0.500. The molecule has 3 aromatic rings. The first-order valence-corrected chi connectivity index (χ1v) is 8.97. The normalized spacial score (nSPS) is 12.4. The number of ketones is 1. The fraction of sp³-hybridized carbons (Fsp3) is 0.227. The summed E-state index contributed by atoms with van der Waals surface area (Å²) in [5.41, 5.74) is 7.25. The molecule has 8 heteroatoms. The van der Waals surface area contributed by atoms with Crippen LogP contribution in [0.25, 0.3) is 10.9 Å². The summed E-state index contributed by atoms with van der Waals surface area (Å²) in [5.74, 6) is -4.87. The predicted octanol–water partition coefficient (Wildman–Crippen LogP) is 3.52. The zero-order valence-corrected chi connectivity index (χ0v) is 16.8. The van der Waals surface area contributed by atoms with E-state index in [1.807, 2.05) is 34.9 Å². The van der Waals surface area contributed by atoms with Crippen molar-refractivity contribution in [2.45, 2.75) is 26.2 Å². The number of alkyl halides is 2. The Morgan fingerprint density at radius 3 is 2.33 bits per heavy atom. The Hall–Kier alpha value is -3.55. The largest absolute Gasteiger partial charge is 0.449 e. The van der Waals surface area contributed by atoms with Crippen molar-refractivity contribution in [3.05, 3.63) is 65.4 Å². The van der Waals surface area contributed by atoms with Gasteiger partial charge in [-0.25, -0.2) is 0 Å². The van der Waals surface area contributed by atoms with E-state index >= 15 is 0 Å². The molecule has 0 aliphatic heterocycles. The summed E-state index contributed by atoms with van der Waals surface area (Å²) in [4.78, 5) is 34.9. The van der Waals surface area contributed by atoms with Gasteiger partial charge in [-0.2, -0.15) is 4.39 Å². The number of nitrogens with zero attached hydrogens (tertiary/aromatic N) is 1. The van der Waals surface area contributed by atoms with Gasteiger partial charge in [0.15, 0.2) is 6.29 Å². The number of hydrogen-bond donors (Lipinski definition) is 1. The van der Waals surface area contributed by atoms with Crippen molar-refractivity contribution in [3.63, 3.8) is 0 Å². The lowest BCUT2D eigenvalue weighted by Crippen LogP contribution is -2.42.